The van der Waals surface area contributed by atoms with Crippen molar-refractivity contribution in [1.29, 1.82) is 0 Å². The molecule has 1 fully saturated rings. The largest absolute Gasteiger partial charge is 0.488 e. The minimum atomic E-state index is -0.543. The normalized spacial score (nSPS) is 14.9. The van der Waals surface area contributed by atoms with Gasteiger partial charge in [-0.2, -0.15) is 0 Å². The predicted molar refractivity (Wildman–Crippen MR) is 113 cm³/mol. The van der Waals surface area contributed by atoms with Crippen LogP contribution in [0.5, 0.6) is 5.75 Å². The first-order valence-corrected chi connectivity index (χ1v) is 9.48. The summed E-state index contributed by atoms with van der Waals surface area (Å²) in [6, 6.07) is 19.0. The maximum Gasteiger partial charge on any atom is 0.333 e. The van der Waals surface area contributed by atoms with Crippen LogP contribution in [-0.4, -0.2) is 11.9 Å². The smallest absolute Gasteiger partial charge is 0.333 e. The molecule has 0 atom stereocenters. The van der Waals surface area contributed by atoms with Gasteiger partial charge in [0.2, 0.25) is 0 Å². The second-order valence-corrected chi connectivity index (χ2v) is 6.99. The van der Waals surface area contributed by atoms with Gasteiger partial charge in [0.25, 0.3) is 5.91 Å². The lowest BCUT2D eigenvalue weighted by Crippen LogP contribution is -2.30. The number of urea groups is 1. The summed E-state index contributed by atoms with van der Waals surface area (Å²) in [4.78, 5) is 26.2. The third-order valence-electron chi connectivity index (χ3n) is 4.49. The van der Waals surface area contributed by atoms with E-state index in [4.69, 9.17) is 16.3 Å². The zero-order valence-electron chi connectivity index (χ0n) is 15.6. The van der Waals surface area contributed by atoms with Gasteiger partial charge in [0.15, 0.2) is 0 Å². The highest BCUT2D eigenvalue weighted by molar-refractivity contribution is 6.31. The summed E-state index contributed by atoms with van der Waals surface area (Å²) in [6.07, 6.45) is 1.57. The van der Waals surface area contributed by atoms with Crippen LogP contribution in [0.4, 0.5) is 14.9 Å². The van der Waals surface area contributed by atoms with Crippen molar-refractivity contribution in [1.82, 2.24) is 5.32 Å². The molecule has 0 unspecified atom stereocenters. The second-order valence-electron chi connectivity index (χ2n) is 6.56. The first-order chi connectivity index (χ1) is 14.5. The minimum Gasteiger partial charge on any atom is -0.488 e. The van der Waals surface area contributed by atoms with E-state index < -0.39 is 11.9 Å². The maximum absolute atomic E-state index is 13.1. The molecule has 0 bridgehead atoms. The Hall–Kier alpha value is -3.64. The molecule has 150 valence electrons. The van der Waals surface area contributed by atoms with Gasteiger partial charge in [0, 0.05) is 10.6 Å². The highest BCUT2D eigenvalue weighted by Gasteiger charge is 2.34. The Kier molecular flexibility index (Phi) is 5.50. The van der Waals surface area contributed by atoms with Gasteiger partial charge in [-0.3, -0.25) is 4.79 Å². The highest BCUT2D eigenvalue weighted by Crippen LogP contribution is 2.26. The van der Waals surface area contributed by atoms with Crippen LogP contribution in [0.2, 0.25) is 5.02 Å². The van der Waals surface area contributed by atoms with Crippen molar-refractivity contribution in [3.8, 4) is 5.75 Å². The van der Waals surface area contributed by atoms with E-state index in [-0.39, 0.29) is 18.1 Å². The Balaban J connectivity index is 1.56. The molecule has 0 aromatic heterocycles. The molecule has 1 saturated heterocycles. The number of amides is 3. The fourth-order valence-corrected chi connectivity index (χ4v) is 3.11. The summed E-state index contributed by atoms with van der Waals surface area (Å²) in [7, 11) is 0. The standard InChI is InChI=1S/C23H16ClFN2O3/c24-17-7-11-19(12-8-17)27-22(28)20(26-23(27)29)13-16-3-1-2-4-21(16)30-14-15-5-9-18(25)10-6-15/h1-13H,14H2,(H,26,29)/b20-13+. The Labute approximate surface area is 177 Å². The number of nitrogens with one attached hydrogen (secondary N) is 1. The number of benzene rings is 3. The van der Waals surface area contributed by atoms with Gasteiger partial charge < -0.3 is 10.1 Å². The Morgan fingerprint density at radius 2 is 1.67 bits per heavy atom. The van der Waals surface area contributed by atoms with Gasteiger partial charge in [-0.15, -0.1) is 0 Å². The zero-order valence-corrected chi connectivity index (χ0v) is 16.4. The molecule has 4 rings (SSSR count). The summed E-state index contributed by atoms with van der Waals surface area (Å²) in [5.41, 5.74) is 1.98. The lowest BCUT2D eigenvalue weighted by molar-refractivity contribution is -0.113. The van der Waals surface area contributed by atoms with Crippen molar-refractivity contribution in [3.05, 3.63) is 100 Å². The van der Waals surface area contributed by atoms with E-state index in [1.165, 1.54) is 12.1 Å². The van der Waals surface area contributed by atoms with Crippen LogP contribution in [0.1, 0.15) is 11.1 Å². The van der Waals surface area contributed by atoms with E-state index >= 15 is 0 Å². The Morgan fingerprint density at radius 1 is 0.967 bits per heavy atom. The molecule has 1 aliphatic heterocycles. The van der Waals surface area contributed by atoms with Gasteiger partial charge >= 0.3 is 6.03 Å². The van der Waals surface area contributed by atoms with Crippen LogP contribution in [-0.2, 0) is 11.4 Å². The molecular weight excluding hydrogens is 407 g/mol. The molecule has 7 heteroatoms. The number of anilines is 1. The number of nitrogens with zero attached hydrogens (tertiary/aromatic N) is 1. The third kappa shape index (κ3) is 4.18. The number of para-hydroxylation sites is 1. The molecule has 0 aliphatic carbocycles. The highest BCUT2D eigenvalue weighted by atomic mass is 35.5. The van der Waals surface area contributed by atoms with E-state index in [1.807, 2.05) is 0 Å². The van der Waals surface area contributed by atoms with Crippen LogP contribution < -0.4 is 15.0 Å². The number of imide groups is 1. The number of halogens is 2. The van der Waals surface area contributed by atoms with Crippen LogP contribution in [0.3, 0.4) is 0 Å². The monoisotopic (exact) mass is 422 g/mol. The molecular formula is C23H16ClFN2O3. The fourth-order valence-electron chi connectivity index (χ4n) is 2.99. The molecule has 3 aromatic rings. The molecule has 0 radical (unpaired) electrons. The van der Waals surface area contributed by atoms with E-state index in [0.717, 1.165) is 10.5 Å². The Morgan fingerprint density at radius 3 is 2.40 bits per heavy atom. The Bertz CT molecular complexity index is 1130. The molecule has 1 heterocycles. The SMILES string of the molecule is O=C1N/C(=C/c2ccccc2OCc2ccc(F)cc2)C(=O)N1c1ccc(Cl)cc1. The van der Waals surface area contributed by atoms with E-state index in [2.05, 4.69) is 5.32 Å². The molecule has 1 aliphatic rings. The number of carbonyl (C=O) groups excluding carboxylic acids is 2. The minimum absolute atomic E-state index is 0.132. The van der Waals surface area contributed by atoms with Crippen LogP contribution in [0.15, 0.2) is 78.5 Å². The van der Waals surface area contributed by atoms with Gasteiger partial charge in [0.05, 0.1) is 5.69 Å². The zero-order chi connectivity index (χ0) is 21.1. The number of ether oxygens (including phenoxy) is 1. The second kappa shape index (κ2) is 8.39. The molecule has 0 saturated carbocycles. The molecule has 5 nitrogen and oxygen atoms in total. The summed E-state index contributed by atoms with van der Waals surface area (Å²) in [5, 5.41) is 3.10. The van der Waals surface area contributed by atoms with Crippen LogP contribution >= 0.6 is 11.6 Å². The number of rotatable bonds is 5. The first-order valence-electron chi connectivity index (χ1n) is 9.10. The first kappa shape index (κ1) is 19.7. The summed E-state index contributed by atoms with van der Waals surface area (Å²) >= 11 is 5.88. The van der Waals surface area contributed by atoms with Crippen molar-refractivity contribution in [3.63, 3.8) is 0 Å². The average molecular weight is 423 g/mol. The molecule has 3 aromatic carbocycles. The fraction of sp³-hybridized carbons (Fsp3) is 0.0435. The third-order valence-corrected chi connectivity index (χ3v) is 4.74. The maximum atomic E-state index is 13.1. The predicted octanol–water partition coefficient (Wildman–Crippen LogP) is 5.16. The van der Waals surface area contributed by atoms with E-state index in [0.29, 0.717) is 22.0 Å². The van der Waals surface area contributed by atoms with Crippen molar-refractivity contribution >= 4 is 35.3 Å². The number of carbonyl (C=O) groups is 2. The van der Waals surface area contributed by atoms with Crippen LogP contribution in [0.25, 0.3) is 6.08 Å². The van der Waals surface area contributed by atoms with Gasteiger partial charge in [-0.1, -0.05) is 41.9 Å². The topological polar surface area (TPSA) is 58.6 Å². The summed E-state index contributed by atoms with van der Waals surface area (Å²) in [6.45, 7) is 0.234. The van der Waals surface area contributed by atoms with Crippen molar-refractivity contribution in [2.45, 2.75) is 6.61 Å². The number of hydrogen-bond acceptors (Lipinski definition) is 3. The van der Waals surface area contributed by atoms with Crippen molar-refractivity contribution in [2.24, 2.45) is 0 Å². The summed E-state index contributed by atoms with van der Waals surface area (Å²) in [5.74, 6) is -0.262. The molecule has 3 amide bonds. The average Bonchev–Trinajstić information content (AvgIpc) is 3.02. The van der Waals surface area contributed by atoms with Crippen molar-refractivity contribution in [2.75, 3.05) is 4.90 Å². The lowest BCUT2D eigenvalue weighted by atomic mass is 10.1. The van der Waals surface area contributed by atoms with Gasteiger partial charge in [-0.25, -0.2) is 14.1 Å². The van der Waals surface area contributed by atoms with Crippen LogP contribution in [0, 0.1) is 5.82 Å². The molecule has 1 N–H and O–H groups in total. The molecule has 30 heavy (non-hydrogen) atoms. The molecule has 0 spiro atoms. The van der Waals surface area contributed by atoms with Gasteiger partial charge in [0.1, 0.15) is 23.9 Å². The van der Waals surface area contributed by atoms with E-state index in [9.17, 15) is 14.0 Å². The lowest BCUT2D eigenvalue weighted by Gasteiger charge is -2.11. The number of hydrogen-bond donors (Lipinski definition) is 1. The van der Waals surface area contributed by atoms with E-state index in [1.54, 1.807) is 66.7 Å². The summed E-state index contributed by atoms with van der Waals surface area (Å²) < 4.78 is 18.9. The van der Waals surface area contributed by atoms with Crippen molar-refractivity contribution < 1.29 is 18.7 Å². The quantitative estimate of drug-likeness (QED) is 0.456. The van der Waals surface area contributed by atoms with Gasteiger partial charge in [-0.05, 0) is 54.1 Å².